The van der Waals surface area contributed by atoms with Gasteiger partial charge < -0.3 is 24.0 Å². The van der Waals surface area contributed by atoms with Gasteiger partial charge >= 0.3 is 5.97 Å². The molecule has 3 fully saturated rings. The number of fused-ring (bicyclic) bond motifs is 5. The monoisotopic (exact) mass is 870 g/mol. The number of aromatic nitrogens is 1. The van der Waals surface area contributed by atoms with Crippen molar-refractivity contribution in [3.05, 3.63) is 36.5 Å². The van der Waals surface area contributed by atoms with Crippen molar-refractivity contribution in [1.82, 2.24) is 14.6 Å². The summed E-state index contributed by atoms with van der Waals surface area (Å²) in [5.74, 6) is -6.75. The molecule has 61 heavy (non-hydrogen) atoms. The molecule has 0 bridgehead atoms. The quantitative estimate of drug-likeness (QED) is 0.198. The number of esters is 1. The zero-order valence-electron chi connectivity index (χ0n) is 36.3. The van der Waals surface area contributed by atoms with E-state index in [1.54, 1.807) is 13.1 Å². The topological polar surface area (TPSA) is 162 Å². The number of ether oxygens (including phenoxy) is 3. The van der Waals surface area contributed by atoms with Crippen LogP contribution in [0, 0.1) is 29.1 Å². The lowest BCUT2D eigenvalue weighted by atomic mass is 9.79. The second-order valence-electron chi connectivity index (χ2n) is 19.1. The number of halogens is 2. The average molecular weight is 871 g/mol. The van der Waals surface area contributed by atoms with Crippen LogP contribution in [0.15, 0.2) is 36.5 Å². The third-order valence-corrected chi connectivity index (χ3v) is 16.3. The molecule has 2 amide bonds. The lowest BCUT2D eigenvalue weighted by molar-refractivity contribution is -0.197. The van der Waals surface area contributed by atoms with Crippen molar-refractivity contribution < 1.29 is 50.6 Å². The largest absolute Gasteiger partial charge is 0.489 e. The van der Waals surface area contributed by atoms with E-state index in [0.717, 1.165) is 37.9 Å². The number of alkyl halides is 2. The molecule has 1 aromatic carbocycles. The van der Waals surface area contributed by atoms with Crippen molar-refractivity contribution in [3.8, 4) is 11.6 Å². The number of pyridine rings is 1. The molecule has 5 aliphatic rings. The van der Waals surface area contributed by atoms with Crippen molar-refractivity contribution in [2.75, 3.05) is 31.6 Å². The van der Waals surface area contributed by atoms with Gasteiger partial charge in [-0.2, -0.15) is 0 Å². The van der Waals surface area contributed by atoms with Gasteiger partial charge in [-0.25, -0.2) is 22.2 Å². The Morgan fingerprint density at radius 3 is 2.52 bits per heavy atom. The zero-order valence-corrected chi connectivity index (χ0v) is 37.1. The molecule has 1 saturated heterocycles. The summed E-state index contributed by atoms with van der Waals surface area (Å²) in [7, 11) is -2.03. The highest BCUT2D eigenvalue weighted by atomic mass is 32.2. The van der Waals surface area contributed by atoms with Crippen molar-refractivity contribution in [2.45, 2.75) is 134 Å². The van der Waals surface area contributed by atoms with Crippen molar-refractivity contribution in [2.24, 2.45) is 29.1 Å². The van der Waals surface area contributed by atoms with Gasteiger partial charge in [0.25, 0.3) is 5.92 Å². The molecule has 13 nitrogen and oxygen atoms in total. The van der Waals surface area contributed by atoms with E-state index >= 15 is 4.79 Å². The number of nitrogens with zero attached hydrogens (tertiary/aromatic N) is 3. The summed E-state index contributed by atoms with van der Waals surface area (Å²) in [5, 5.41) is 1.45. The van der Waals surface area contributed by atoms with Gasteiger partial charge in [0.2, 0.25) is 27.7 Å². The Hall–Kier alpha value is -4.34. The van der Waals surface area contributed by atoms with Crippen LogP contribution < -0.4 is 19.1 Å². The fraction of sp³-hybridized carbons (Fsp3) is 0.667. The summed E-state index contributed by atoms with van der Waals surface area (Å²) in [6.07, 6.45) is 7.43. The minimum absolute atomic E-state index is 0.0286. The molecule has 2 saturated carbocycles. The number of anilines is 1. The molecule has 0 unspecified atom stereocenters. The molecular weight excluding hydrogens is 811 g/mol. The molecule has 2 aromatic rings. The summed E-state index contributed by atoms with van der Waals surface area (Å²) in [5.41, 5.74) is -2.58. The molecule has 0 spiro atoms. The van der Waals surface area contributed by atoms with Crippen LogP contribution in [0.5, 0.6) is 11.6 Å². The van der Waals surface area contributed by atoms with Gasteiger partial charge in [-0.3, -0.25) is 23.9 Å². The minimum atomic E-state index is -4.01. The van der Waals surface area contributed by atoms with Gasteiger partial charge in [0.1, 0.15) is 12.7 Å². The van der Waals surface area contributed by atoms with E-state index in [9.17, 15) is 31.6 Å². The first-order valence-electron chi connectivity index (χ1n) is 21.7. The molecule has 16 heteroatoms. The number of ketones is 1. The highest BCUT2D eigenvalue weighted by Gasteiger charge is 2.63. The Morgan fingerprint density at radius 1 is 1.10 bits per heavy atom. The van der Waals surface area contributed by atoms with Crippen LogP contribution in [0.2, 0.25) is 0 Å². The normalized spacial score (nSPS) is 29.9. The summed E-state index contributed by atoms with van der Waals surface area (Å²) >= 11 is 0. The van der Waals surface area contributed by atoms with Crippen molar-refractivity contribution >= 4 is 50.1 Å². The first-order chi connectivity index (χ1) is 28.6. The zero-order chi connectivity index (χ0) is 44.3. The Balaban J connectivity index is 1.24. The first-order valence-corrected chi connectivity index (χ1v) is 23.2. The van der Waals surface area contributed by atoms with Crippen LogP contribution in [-0.4, -0.2) is 97.0 Å². The number of allylic oxidation sites excluding steroid dienone is 2. The maximum atomic E-state index is 15.2. The molecule has 4 heterocycles. The molecule has 3 aliphatic heterocycles. The van der Waals surface area contributed by atoms with E-state index in [1.165, 1.54) is 4.90 Å². The van der Waals surface area contributed by atoms with Gasteiger partial charge in [-0.1, -0.05) is 32.4 Å². The molecule has 334 valence electrons. The van der Waals surface area contributed by atoms with E-state index in [1.807, 2.05) is 44.3 Å². The number of likely N-dealkylation sites (N-methyl/N-ethyl adjacent to an activating group) is 1. The number of benzene rings is 1. The van der Waals surface area contributed by atoms with Crippen LogP contribution in [0.4, 0.5) is 14.5 Å². The number of carbonyl (C=O) groups is 4. The van der Waals surface area contributed by atoms with Gasteiger partial charge in [-0.05, 0) is 95.2 Å². The fourth-order valence-electron chi connectivity index (χ4n) is 9.24. The number of sulfonamides is 1. The third-order valence-electron chi connectivity index (χ3n) is 14.1. The van der Waals surface area contributed by atoms with Gasteiger partial charge in [-0.15, -0.1) is 0 Å². The Labute approximate surface area is 357 Å². The second-order valence-corrected chi connectivity index (χ2v) is 21.3. The van der Waals surface area contributed by atoms with Crippen LogP contribution in [0.1, 0.15) is 106 Å². The summed E-state index contributed by atoms with van der Waals surface area (Å²) in [4.78, 5) is 65.7. The minimum Gasteiger partial charge on any atom is -0.489 e. The van der Waals surface area contributed by atoms with E-state index in [2.05, 4.69) is 21.5 Å². The number of amides is 2. The maximum Gasteiger partial charge on any atom is 0.307 e. The Kier molecular flexibility index (Phi) is 12.0. The van der Waals surface area contributed by atoms with Crippen LogP contribution in [0.3, 0.4) is 0 Å². The highest BCUT2D eigenvalue weighted by Crippen LogP contribution is 2.58. The SMILES string of the molecule is CC[C@@H]1C[C@H](C)CC/C=C\[C@@H]2C[C@@]2(C(=O)NS(=O)(=O)C2(C)CC2)CC(=O)[C@@H]2C[C@@H](Oc3nccc4c5c(ccc34)N(C)CCO5)CN2C(=O)[C@H]1CC(=O)OC(C)(C)C(C)(F)F. The number of hydrogen-bond donors (Lipinski definition) is 1. The second kappa shape index (κ2) is 16.4. The predicted octanol–water partition coefficient (Wildman–Crippen LogP) is 6.76. The number of hydrogen-bond acceptors (Lipinski definition) is 11. The van der Waals surface area contributed by atoms with Gasteiger partial charge in [0, 0.05) is 43.8 Å². The third kappa shape index (κ3) is 8.84. The molecule has 7 rings (SSSR count). The molecule has 0 radical (unpaired) electrons. The maximum absolute atomic E-state index is 15.2. The Morgan fingerprint density at radius 2 is 1.84 bits per heavy atom. The summed E-state index contributed by atoms with van der Waals surface area (Å²) < 4.78 is 75.0. The van der Waals surface area contributed by atoms with Gasteiger partial charge in [0.05, 0.1) is 47.3 Å². The molecular formula is C45H60F2N4O9S. The highest BCUT2D eigenvalue weighted by molar-refractivity contribution is 7.91. The van der Waals surface area contributed by atoms with E-state index in [4.69, 9.17) is 14.2 Å². The standard InChI is InChI=1S/C45H60F2N4O9S/c1-8-28-21-27(2)11-9-10-12-29-24-45(29,41(55)49-61(56,57)43(5)16-17-43)25-36(52)35-22-30(26-51(35)40(54)33(28)23-37(53)60-42(3,4)44(6,46)47)59-39-32-13-14-34-38(31(32)15-18-48-39)58-20-19-50(34)7/h10,12-15,18,27-30,33,35H,8-9,11,16-17,19-26H2,1-7H3,(H,49,55)/b12-10-/t27-,28-,29-,30-,33+,35+,45-/m1/s1. The van der Waals surface area contributed by atoms with E-state index in [-0.39, 0.29) is 43.5 Å². The number of rotatable bonds is 10. The lowest BCUT2D eigenvalue weighted by Crippen LogP contribution is -2.49. The van der Waals surface area contributed by atoms with Gasteiger partial charge in [0.15, 0.2) is 17.1 Å². The van der Waals surface area contributed by atoms with Crippen molar-refractivity contribution in [3.63, 3.8) is 0 Å². The number of nitrogens with one attached hydrogen (secondary N) is 1. The lowest BCUT2D eigenvalue weighted by Gasteiger charge is -2.35. The number of Topliss-reactive ketones (excluding diaryl/α,β-unsaturated/α-hetero) is 1. The van der Waals surface area contributed by atoms with Crippen molar-refractivity contribution in [1.29, 1.82) is 0 Å². The predicted molar refractivity (Wildman–Crippen MR) is 225 cm³/mol. The Bertz CT molecular complexity index is 2210. The van der Waals surface area contributed by atoms with E-state index in [0.29, 0.717) is 56.8 Å². The fourth-order valence-corrected chi connectivity index (χ4v) is 10.6. The molecule has 7 atom stereocenters. The first kappa shape index (κ1) is 44.7. The van der Waals surface area contributed by atoms with E-state index < -0.39 is 85.7 Å². The summed E-state index contributed by atoms with van der Waals surface area (Å²) in [6, 6.07) is 4.55. The number of carbonyl (C=O) groups excluding carboxylic acids is 4. The van der Waals surface area contributed by atoms with Crippen LogP contribution >= 0.6 is 0 Å². The smallest absolute Gasteiger partial charge is 0.307 e. The van der Waals surface area contributed by atoms with Crippen LogP contribution in [-0.2, 0) is 33.9 Å². The molecule has 1 aromatic heterocycles. The van der Waals surface area contributed by atoms with Crippen LogP contribution in [0.25, 0.3) is 10.8 Å². The molecule has 1 N–H and O–H groups in total. The average Bonchev–Trinajstić information content (AvgIpc) is 4.07. The summed E-state index contributed by atoms with van der Waals surface area (Å²) in [6.45, 7) is 9.64. The molecule has 2 aliphatic carbocycles.